The van der Waals surface area contributed by atoms with Gasteiger partial charge in [-0.15, -0.1) is 4.52 Å². The van der Waals surface area contributed by atoms with E-state index < -0.39 is 39.2 Å². The number of amides is 1. The topological polar surface area (TPSA) is 111 Å². The summed E-state index contributed by atoms with van der Waals surface area (Å²) < 4.78 is 80.4. The first kappa shape index (κ1) is 29.7. The Labute approximate surface area is 192 Å². The third kappa shape index (κ3) is 10.2. The minimum Gasteiger partial charge on any atom is -0.393 e. The van der Waals surface area contributed by atoms with Gasteiger partial charge in [0.1, 0.15) is 6.61 Å². The van der Waals surface area contributed by atoms with E-state index >= 15 is 0 Å². The van der Waals surface area contributed by atoms with Crippen LogP contribution in [0.3, 0.4) is 0 Å². The molecule has 0 spiro atoms. The monoisotopic (exact) mass is 516 g/mol. The molecule has 13 heteroatoms. The van der Waals surface area contributed by atoms with Crippen LogP contribution in [0.25, 0.3) is 0 Å². The predicted octanol–water partition coefficient (Wildman–Crippen LogP) is 6.15. The second-order valence-corrected chi connectivity index (χ2v) is 11.1. The van der Waals surface area contributed by atoms with Crippen LogP contribution in [0.5, 0.6) is 0 Å². The van der Waals surface area contributed by atoms with Crippen molar-refractivity contribution < 1.29 is 45.8 Å². The lowest BCUT2D eigenvalue weighted by Gasteiger charge is -2.20. The van der Waals surface area contributed by atoms with Crippen LogP contribution in [-0.4, -0.2) is 43.1 Å². The van der Waals surface area contributed by atoms with Crippen molar-refractivity contribution in [1.82, 2.24) is 0 Å². The molecular formula is C20H31F3NO7P2+. The molecule has 4 unspecified atom stereocenters. The number of hydrogen-bond acceptors (Lipinski definition) is 7. The van der Waals surface area contributed by atoms with Gasteiger partial charge in [0, 0.05) is 11.3 Å². The smallest absolute Gasteiger partial charge is 0.393 e. The highest BCUT2D eigenvalue weighted by Crippen LogP contribution is 2.70. The first-order chi connectivity index (χ1) is 15.4. The number of hydrogen-bond donors (Lipinski definition) is 2. The number of carbonyl (C=O) groups excluding carboxylic acids is 1. The molecule has 1 rings (SSSR count). The Bertz CT molecular complexity index is 804. The number of aliphatic hydroxyl groups excluding tert-OH is 1. The van der Waals surface area contributed by atoms with Gasteiger partial charge in [0.2, 0.25) is 0 Å². The third-order valence-corrected chi connectivity index (χ3v) is 8.91. The molecule has 0 aromatic heterocycles. The van der Waals surface area contributed by atoms with E-state index in [4.69, 9.17) is 13.6 Å². The number of benzene rings is 1. The molecule has 0 aliphatic heterocycles. The van der Waals surface area contributed by atoms with Gasteiger partial charge in [0.05, 0.1) is 19.3 Å². The summed E-state index contributed by atoms with van der Waals surface area (Å²) in [7, 11) is -6.68. The zero-order valence-electron chi connectivity index (χ0n) is 18.8. The highest BCUT2D eigenvalue weighted by molar-refractivity contribution is 7.66. The summed E-state index contributed by atoms with van der Waals surface area (Å²) in [6.45, 7) is 5.08. The van der Waals surface area contributed by atoms with Crippen LogP contribution in [0.1, 0.15) is 57.4 Å². The quantitative estimate of drug-likeness (QED) is 0.212. The van der Waals surface area contributed by atoms with Crippen LogP contribution in [0.4, 0.5) is 18.9 Å². The molecule has 0 bridgehead atoms. The number of rotatable bonds is 15. The molecule has 33 heavy (non-hydrogen) atoms. The van der Waals surface area contributed by atoms with Crippen LogP contribution in [0.15, 0.2) is 24.3 Å². The summed E-state index contributed by atoms with van der Waals surface area (Å²) in [6, 6.07) is 4.89. The zero-order valence-corrected chi connectivity index (χ0v) is 20.6. The van der Waals surface area contributed by atoms with Crippen LogP contribution < -0.4 is 5.32 Å². The van der Waals surface area contributed by atoms with Gasteiger partial charge in [-0.1, -0.05) is 31.9 Å². The Kier molecular flexibility index (Phi) is 12.7. The zero-order chi connectivity index (χ0) is 25.1. The molecule has 8 nitrogen and oxygen atoms in total. The Hall–Kier alpha value is -1.35. The fourth-order valence-corrected chi connectivity index (χ4v) is 6.65. The van der Waals surface area contributed by atoms with E-state index in [-0.39, 0.29) is 37.5 Å². The van der Waals surface area contributed by atoms with Crippen LogP contribution in [-0.2, 0) is 27.5 Å². The van der Waals surface area contributed by atoms with E-state index in [1.807, 2.05) is 6.92 Å². The summed E-state index contributed by atoms with van der Waals surface area (Å²) >= 11 is 0. The summed E-state index contributed by atoms with van der Waals surface area (Å²) in [5, 5.41) is 9.82. The van der Waals surface area contributed by atoms with E-state index in [1.54, 1.807) is 12.2 Å². The van der Waals surface area contributed by atoms with Gasteiger partial charge in [-0.25, -0.2) is 0 Å². The van der Waals surface area contributed by atoms with Crippen molar-refractivity contribution in [2.75, 3.05) is 25.1 Å². The van der Waals surface area contributed by atoms with Gasteiger partial charge in [-0.2, -0.15) is 13.2 Å². The van der Waals surface area contributed by atoms with E-state index in [1.165, 1.54) is 19.1 Å². The van der Waals surface area contributed by atoms with Gasteiger partial charge in [-0.05, 0) is 43.4 Å². The SMILES string of the molecule is CCCCCO[P+](=O)C(c1ccc(NC(=O)C(F)(F)F)cc1)P(=O)(OCC)OCCC(C)O. The molecule has 2 N–H and O–H groups in total. The van der Waals surface area contributed by atoms with Crippen molar-refractivity contribution in [2.45, 2.75) is 64.1 Å². The van der Waals surface area contributed by atoms with Gasteiger partial charge >= 0.3 is 33.1 Å². The summed E-state index contributed by atoms with van der Waals surface area (Å²) in [6.07, 6.45) is -3.24. The molecule has 0 fully saturated rings. The van der Waals surface area contributed by atoms with Gasteiger partial charge in [0.25, 0.3) is 0 Å². The van der Waals surface area contributed by atoms with Crippen molar-refractivity contribution in [3.05, 3.63) is 29.8 Å². The summed E-state index contributed by atoms with van der Waals surface area (Å²) in [5.74, 6) is -2.14. The van der Waals surface area contributed by atoms with Crippen molar-refractivity contribution in [3.63, 3.8) is 0 Å². The molecule has 1 amide bonds. The molecule has 188 valence electrons. The molecular weight excluding hydrogens is 485 g/mol. The van der Waals surface area contributed by atoms with Gasteiger partial charge in [-0.3, -0.25) is 9.36 Å². The van der Waals surface area contributed by atoms with E-state index in [2.05, 4.69) is 0 Å². The maximum absolute atomic E-state index is 13.6. The third-order valence-electron chi connectivity index (χ3n) is 4.31. The fraction of sp³-hybridized carbons (Fsp3) is 0.650. The number of anilines is 1. The molecule has 0 heterocycles. The summed E-state index contributed by atoms with van der Waals surface area (Å²) in [4.78, 5) is 11.1. The number of aliphatic hydroxyl groups is 1. The average molecular weight is 516 g/mol. The molecule has 1 aromatic carbocycles. The average Bonchev–Trinajstić information content (AvgIpc) is 2.72. The van der Waals surface area contributed by atoms with E-state index in [0.717, 1.165) is 25.0 Å². The second-order valence-electron chi connectivity index (χ2n) is 7.20. The Morgan fingerprint density at radius 3 is 2.30 bits per heavy atom. The van der Waals surface area contributed by atoms with E-state index in [9.17, 15) is 32.2 Å². The maximum atomic E-state index is 13.6. The highest BCUT2D eigenvalue weighted by atomic mass is 31.2. The van der Waals surface area contributed by atoms with E-state index in [0.29, 0.717) is 6.42 Å². The second kappa shape index (κ2) is 14.1. The number of nitrogens with one attached hydrogen (secondary N) is 1. The lowest BCUT2D eigenvalue weighted by molar-refractivity contribution is -0.167. The molecule has 0 aliphatic rings. The molecule has 1 aromatic rings. The minimum atomic E-state index is -5.06. The van der Waals surface area contributed by atoms with Crippen molar-refractivity contribution in [1.29, 1.82) is 0 Å². The number of carbonyl (C=O) groups is 1. The first-order valence-corrected chi connectivity index (χ1v) is 13.4. The minimum absolute atomic E-state index is 0.0266. The molecule has 0 saturated heterocycles. The lowest BCUT2D eigenvalue weighted by atomic mass is 10.2. The number of halogens is 3. The van der Waals surface area contributed by atoms with Gasteiger partial charge < -0.3 is 19.5 Å². The Morgan fingerprint density at radius 1 is 1.15 bits per heavy atom. The maximum Gasteiger partial charge on any atom is 0.529 e. The molecule has 0 saturated carbocycles. The standard InChI is InChI=1S/C20H30F3NO7P2/c1-4-6-7-13-29-32(27)18(33(28,30-5-2)31-14-12-15(3)25)16-8-10-17(11-9-16)24-19(26)20(21,22)23/h8-11,15,18,25H,4-7,12-14H2,1-3H3/p+1. The largest absolute Gasteiger partial charge is 0.529 e. The highest BCUT2D eigenvalue weighted by Gasteiger charge is 2.53. The Balaban J connectivity index is 3.20. The van der Waals surface area contributed by atoms with Crippen LogP contribution >= 0.6 is 15.6 Å². The fourth-order valence-electron chi connectivity index (χ4n) is 2.65. The van der Waals surface area contributed by atoms with Crippen LogP contribution in [0.2, 0.25) is 0 Å². The predicted molar refractivity (Wildman–Crippen MR) is 118 cm³/mol. The van der Waals surface area contributed by atoms with Gasteiger partial charge in [0.15, 0.2) is 0 Å². The first-order valence-electron chi connectivity index (χ1n) is 10.6. The molecule has 0 radical (unpaired) electrons. The lowest BCUT2D eigenvalue weighted by Crippen LogP contribution is -2.29. The van der Waals surface area contributed by atoms with Crippen molar-refractivity contribution >= 4 is 27.2 Å². The number of alkyl halides is 3. The summed E-state index contributed by atoms with van der Waals surface area (Å²) in [5.41, 5.74) is 0.0330. The van der Waals surface area contributed by atoms with Crippen molar-refractivity contribution in [2.24, 2.45) is 0 Å². The molecule has 4 atom stereocenters. The normalized spacial score (nSPS) is 16.0. The molecule has 0 aliphatic carbocycles. The number of unbranched alkanes of at least 4 members (excludes halogenated alkanes) is 2. The van der Waals surface area contributed by atoms with Crippen molar-refractivity contribution in [3.8, 4) is 0 Å². The van der Waals surface area contributed by atoms with Crippen LogP contribution in [0, 0.1) is 0 Å². The Morgan fingerprint density at radius 2 is 1.79 bits per heavy atom.